The zero-order valence-corrected chi connectivity index (χ0v) is 33.4. The van der Waals surface area contributed by atoms with E-state index in [-0.39, 0.29) is 10.8 Å². The summed E-state index contributed by atoms with van der Waals surface area (Å²) in [4.78, 5) is 0. The van der Waals surface area contributed by atoms with Crippen molar-refractivity contribution >= 4 is 53.1 Å². The molecule has 57 heavy (non-hydrogen) atoms. The van der Waals surface area contributed by atoms with Gasteiger partial charge < -0.3 is 0 Å². The topological polar surface area (TPSA) is 0 Å². The Kier molecular flexibility index (Phi) is 6.72. The number of thiophene rings is 1. The lowest BCUT2D eigenvalue weighted by molar-refractivity contribution is 0.660. The lowest BCUT2D eigenvalue weighted by Gasteiger charge is -2.23. The molecule has 0 saturated carbocycles. The molecule has 270 valence electrons. The maximum Gasteiger partial charge on any atom is 0.0361 e. The van der Waals surface area contributed by atoms with Crippen LogP contribution in [0.5, 0.6) is 0 Å². The summed E-state index contributed by atoms with van der Waals surface area (Å²) in [7, 11) is 0. The summed E-state index contributed by atoms with van der Waals surface area (Å²) in [6.45, 7) is 9.53. The number of benzene rings is 9. The number of fused-ring (bicyclic) bond motifs is 11. The third-order valence-electron chi connectivity index (χ3n) is 13.5. The molecule has 2 aliphatic carbocycles. The highest BCUT2D eigenvalue weighted by molar-refractivity contribution is 7.26. The van der Waals surface area contributed by atoms with E-state index in [1.165, 1.54) is 120 Å². The Morgan fingerprint density at radius 1 is 0.316 bits per heavy atom. The lowest BCUT2D eigenvalue weighted by Crippen LogP contribution is -2.14. The average Bonchev–Trinajstić information content (AvgIpc) is 3.82. The summed E-state index contributed by atoms with van der Waals surface area (Å²) < 4.78 is 2.66. The highest BCUT2D eigenvalue weighted by Gasteiger charge is 2.37. The van der Waals surface area contributed by atoms with Gasteiger partial charge in [-0.2, -0.15) is 0 Å². The highest BCUT2D eigenvalue weighted by Crippen LogP contribution is 2.54. The molecule has 0 unspecified atom stereocenters. The van der Waals surface area contributed by atoms with Crippen molar-refractivity contribution in [2.75, 3.05) is 0 Å². The summed E-state index contributed by atoms with van der Waals surface area (Å²) in [5.74, 6) is 0. The molecule has 1 heteroatoms. The molecule has 10 aromatic rings. The van der Waals surface area contributed by atoms with Gasteiger partial charge in [-0.25, -0.2) is 0 Å². The van der Waals surface area contributed by atoms with E-state index in [0.29, 0.717) is 0 Å². The molecule has 12 rings (SSSR count). The van der Waals surface area contributed by atoms with E-state index in [0.717, 1.165) is 0 Å². The van der Waals surface area contributed by atoms with Crippen molar-refractivity contribution in [3.8, 4) is 55.6 Å². The van der Waals surface area contributed by atoms with Gasteiger partial charge in [0.05, 0.1) is 0 Å². The monoisotopic (exact) mass is 744 g/mol. The van der Waals surface area contributed by atoms with Crippen LogP contribution in [0.1, 0.15) is 49.9 Å². The van der Waals surface area contributed by atoms with Gasteiger partial charge in [0.1, 0.15) is 0 Å². The maximum absolute atomic E-state index is 2.51. The first-order valence-corrected chi connectivity index (χ1v) is 21.0. The summed E-state index contributed by atoms with van der Waals surface area (Å²) in [6, 6.07) is 64.6. The maximum atomic E-state index is 2.51. The van der Waals surface area contributed by atoms with E-state index in [1.54, 1.807) is 0 Å². The average molecular weight is 745 g/mol. The van der Waals surface area contributed by atoms with Gasteiger partial charge in [0.15, 0.2) is 0 Å². The molecule has 0 aliphatic heterocycles. The van der Waals surface area contributed by atoms with Crippen molar-refractivity contribution in [3.63, 3.8) is 0 Å². The first-order chi connectivity index (χ1) is 27.8. The van der Waals surface area contributed by atoms with E-state index in [1.807, 2.05) is 11.3 Å². The van der Waals surface area contributed by atoms with Crippen molar-refractivity contribution in [2.24, 2.45) is 0 Å². The molecule has 0 N–H and O–H groups in total. The first kappa shape index (κ1) is 32.9. The van der Waals surface area contributed by atoms with Crippen LogP contribution in [0.15, 0.2) is 170 Å². The van der Waals surface area contributed by atoms with E-state index in [2.05, 4.69) is 198 Å². The first-order valence-electron chi connectivity index (χ1n) is 20.2. The predicted octanol–water partition coefficient (Wildman–Crippen LogP) is 16.0. The molecule has 0 amide bonds. The van der Waals surface area contributed by atoms with Crippen LogP contribution in [0.2, 0.25) is 0 Å². The van der Waals surface area contributed by atoms with Crippen LogP contribution < -0.4 is 0 Å². The van der Waals surface area contributed by atoms with Crippen molar-refractivity contribution in [2.45, 2.75) is 38.5 Å². The Balaban J connectivity index is 1.17. The minimum Gasteiger partial charge on any atom is -0.135 e. The molecule has 0 fully saturated rings. The number of rotatable bonds is 3. The molecule has 0 spiro atoms. The van der Waals surface area contributed by atoms with Crippen LogP contribution in [0.4, 0.5) is 0 Å². The van der Waals surface area contributed by atoms with E-state index in [9.17, 15) is 0 Å². The fourth-order valence-corrected chi connectivity index (χ4v) is 11.8. The quantitative estimate of drug-likeness (QED) is 0.158. The van der Waals surface area contributed by atoms with Gasteiger partial charge in [-0.1, -0.05) is 167 Å². The summed E-state index contributed by atoms with van der Waals surface area (Å²) in [5, 5.41) is 7.82. The summed E-state index contributed by atoms with van der Waals surface area (Å²) in [5.41, 5.74) is 18.5. The van der Waals surface area contributed by atoms with Crippen LogP contribution in [0, 0.1) is 0 Å². The van der Waals surface area contributed by atoms with Gasteiger partial charge in [-0.3, -0.25) is 0 Å². The van der Waals surface area contributed by atoms with Gasteiger partial charge >= 0.3 is 0 Å². The highest BCUT2D eigenvalue weighted by atomic mass is 32.1. The van der Waals surface area contributed by atoms with Crippen LogP contribution in [0.3, 0.4) is 0 Å². The lowest BCUT2D eigenvalue weighted by atomic mass is 9.79. The molecule has 0 radical (unpaired) electrons. The second-order valence-corrected chi connectivity index (χ2v) is 18.3. The van der Waals surface area contributed by atoms with E-state index < -0.39 is 0 Å². The van der Waals surface area contributed by atoms with Crippen molar-refractivity contribution in [1.29, 1.82) is 0 Å². The molecule has 2 aliphatic rings. The van der Waals surface area contributed by atoms with Crippen LogP contribution in [-0.2, 0) is 10.8 Å². The second-order valence-electron chi connectivity index (χ2n) is 17.2. The predicted molar refractivity (Wildman–Crippen MR) is 246 cm³/mol. The normalized spacial score (nSPS) is 14.6. The summed E-state index contributed by atoms with van der Waals surface area (Å²) >= 11 is 1.89. The zero-order chi connectivity index (χ0) is 38.2. The third kappa shape index (κ3) is 4.49. The van der Waals surface area contributed by atoms with Gasteiger partial charge in [-0.15, -0.1) is 11.3 Å². The smallest absolute Gasteiger partial charge is 0.0361 e. The molecule has 0 atom stereocenters. The van der Waals surface area contributed by atoms with Crippen molar-refractivity contribution in [3.05, 3.63) is 192 Å². The van der Waals surface area contributed by atoms with Gasteiger partial charge in [0.2, 0.25) is 0 Å². The van der Waals surface area contributed by atoms with Gasteiger partial charge in [-0.05, 0) is 130 Å². The Labute approximate surface area is 337 Å². The van der Waals surface area contributed by atoms with E-state index >= 15 is 0 Å². The third-order valence-corrected chi connectivity index (χ3v) is 14.6. The minimum absolute atomic E-state index is 0.0654. The Bertz CT molecular complexity index is 3350. The van der Waals surface area contributed by atoms with E-state index in [4.69, 9.17) is 0 Å². The van der Waals surface area contributed by atoms with Gasteiger partial charge in [0, 0.05) is 31.0 Å². The summed E-state index contributed by atoms with van der Waals surface area (Å²) in [6.07, 6.45) is 0. The van der Waals surface area contributed by atoms with Crippen LogP contribution in [-0.4, -0.2) is 0 Å². The fraction of sp³-hybridized carbons (Fsp3) is 0.107. The standard InChI is InChI=1S/C56H40S/c1-55(2)46-20-10-7-14-36(46)38-27-24-34(31-48(38)55)33-25-29-42-45(30-33)52(35-26-28-39-37-15-8-11-21-47(37)56(3,4)49(39)32-35)40-16-5-6-17-41(40)53(42)44-19-13-23-51-54(44)43-18-9-12-22-50(43)57-51/h5-32H,1-4H3. The van der Waals surface area contributed by atoms with Crippen LogP contribution >= 0.6 is 11.3 Å². The largest absolute Gasteiger partial charge is 0.135 e. The Morgan fingerprint density at radius 3 is 1.49 bits per heavy atom. The molecule has 0 bridgehead atoms. The second kappa shape index (κ2) is 11.6. The number of hydrogen-bond acceptors (Lipinski definition) is 1. The minimum atomic E-state index is -0.0942. The molecule has 9 aromatic carbocycles. The molecular formula is C56H40S. The van der Waals surface area contributed by atoms with Crippen LogP contribution in [0.25, 0.3) is 97.4 Å². The van der Waals surface area contributed by atoms with Gasteiger partial charge in [0.25, 0.3) is 0 Å². The molecular weight excluding hydrogens is 705 g/mol. The van der Waals surface area contributed by atoms with Crippen molar-refractivity contribution < 1.29 is 0 Å². The van der Waals surface area contributed by atoms with Crippen molar-refractivity contribution in [1.82, 2.24) is 0 Å². The zero-order valence-electron chi connectivity index (χ0n) is 32.6. The Morgan fingerprint density at radius 2 is 0.789 bits per heavy atom. The molecule has 1 heterocycles. The number of hydrogen-bond donors (Lipinski definition) is 0. The Hall–Kier alpha value is -6.28. The molecule has 1 aromatic heterocycles. The fourth-order valence-electron chi connectivity index (χ4n) is 10.7. The SMILES string of the molecule is CC1(C)c2ccccc2-c2ccc(-c3ccc4c(-c5cccc6sc7ccccc7c56)c5ccccc5c(-c5ccc6c(c5)C(C)(C)c5ccccc5-6)c4c3)cc21. The molecule has 0 nitrogen and oxygen atoms in total. The molecule has 0 saturated heterocycles.